The lowest BCUT2D eigenvalue weighted by Crippen LogP contribution is -2.53. The number of nitrogens with zero attached hydrogens (tertiary/aromatic N) is 1. The highest BCUT2D eigenvalue weighted by Crippen LogP contribution is 2.28. The summed E-state index contributed by atoms with van der Waals surface area (Å²) < 4.78 is 6.06. The van der Waals surface area contributed by atoms with Crippen LogP contribution in [0.1, 0.15) is 53.5 Å². The Labute approximate surface area is 241 Å². The minimum Gasteiger partial charge on any atom is -0.483 e. The second kappa shape index (κ2) is 13.4. The van der Waals surface area contributed by atoms with E-state index >= 15 is 0 Å². The zero-order chi connectivity index (χ0) is 27.9. The van der Waals surface area contributed by atoms with Crippen LogP contribution in [0.25, 0.3) is 0 Å². The number of hydrogen-bond donors (Lipinski definition) is 1. The molecule has 2 amide bonds. The zero-order valence-electron chi connectivity index (χ0n) is 22.8. The molecule has 0 radical (unpaired) electrons. The molecule has 1 fully saturated rings. The average Bonchev–Trinajstić information content (AvgIpc) is 3.42. The van der Waals surface area contributed by atoms with Gasteiger partial charge in [-0.05, 0) is 74.1 Å². The van der Waals surface area contributed by atoms with E-state index in [2.05, 4.69) is 11.4 Å². The molecule has 0 spiro atoms. The summed E-state index contributed by atoms with van der Waals surface area (Å²) in [6.07, 6.45) is 4.44. The summed E-state index contributed by atoms with van der Waals surface area (Å²) in [4.78, 5) is 29.3. The van der Waals surface area contributed by atoms with E-state index in [0.717, 1.165) is 47.9 Å². The van der Waals surface area contributed by atoms with E-state index in [1.54, 1.807) is 23.1 Å². The third-order valence-electron chi connectivity index (χ3n) is 7.48. The Morgan fingerprint density at radius 1 is 0.974 bits per heavy atom. The molecule has 3 aromatic carbocycles. The molecule has 3 aromatic rings. The normalized spacial score (nSPS) is 14.2. The van der Waals surface area contributed by atoms with Crippen LogP contribution >= 0.6 is 23.2 Å². The van der Waals surface area contributed by atoms with Crippen LogP contribution in [0, 0.1) is 20.8 Å². The number of ether oxygens (including phenoxy) is 1. The van der Waals surface area contributed by atoms with Crippen molar-refractivity contribution < 1.29 is 14.3 Å². The predicted molar refractivity (Wildman–Crippen MR) is 157 cm³/mol. The second-order valence-corrected chi connectivity index (χ2v) is 11.2. The number of nitrogens with one attached hydrogen (secondary N) is 1. The van der Waals surface area contributed by atoms with Crippen molar-refractivity contribution in [3.8, 4) is 5.75 Å². The summed E-state index contributed by atoms with van der Waals surface area (Å²) in [5, 5.41) is 4.10. The van der Waals surface area contributed by atoms with Crippen LogP contribution in [0.5, 0.6) is 5.75 Å². The van der Waals surface area contributed by atoms with Gasteiger partial charge in [0.1, 0.15) is 11.8 Å². The lowest BCUT2D eigenvalue weighted by atomic mass is 10.0. The van der Waals surface area contributed by atoms with E-state index in [1.807, 2.05) is 57.2 Å². The summed E-state index contributed by atoms with van der Waals surface area (Å²) in [6.45, 7) is 5.86. The Balaban J connectivity index is 1.67. The lowest BCUT2D eigenvalue weighted by Gasteiger charge is -2.33. The van der Waals surface area contributed by atoms with E-state index in [0.29, 0.717) is 27.8 Å². The first kappa shape index (κ1) is 29.0. The van der Waals surface area contributed by atoms with Crippen molar-refractivity contribution in [3.63, 3.8) is 0 Å². The molecule has 0 aromatic heterocycles. The molecule has 0 unspecified atom stereocenters. The number of rotatable bonds is 10. The van der Waals surface area contributed by atoms with Gasteiger partial charge < -0.3 is 15.0 Å². The largest absolute Gasteiger partial charge is 0.483 e. The van der Waals surface area contributed by atoms with Crippen LogP contribution < -0.4 is 10.1 Å². The van der Waals surface area contributed by atoms with Crippen LogP contribution in [0.3, 0.4) is 0 Å². The number of halogens is 2. The molecule has 4 rings (SSSR count). The Bertz CT molecular complexity index is 1290. The van der Waals surface area contributed by atoms with Crippen molar-refractivity contribution in [2.24, 2.45) is 0 Å². The number of aryl methyl sites for hydroxylation is 2. The van der Waals surface area contributed by atoms with Gasteiger partial charge in [0.15, 0.2) is 6.61 Å². The number of benzene rings is 3. The molecule has 1 atom stereocenters. The molecule has 5 nitrogen and oxygen atoms in total. The van der Waals surface area contributed by atoms with Crippen molar-refractivity contribution in [3.05, 3.63) is 98.5 Å². The van der Waals surface area contributed by atoms with Gasteiger partial charge in [-0.15, -0.1) is 0 Å². The van der Waals surface area contributed by atoms with E-state index in [-0.39, 0.29) is 31.0 Å². The number of carbonyl (C=O) groups excluding carboxylic acids is 2. The van der Waals surface area contributed by atoms with Crippen LogP contribution in [0.4, 0.5) is 0 Å². The second-order valence-electron chi connectivity index (χ2n) is 10.4. The Kier molecular flexibility index (Phi) is 9.93. The van der Waals surface area contributed by atoms with Crippen LogP contribution in [-0.2, 0) is 22.6 Å². The monoisotopic (exact) mass is 566 g/mol. The number of amides is 2. The molecular weight excluding hydrogens is 531 g/mol. The van der Waals surface area contributed by atoms with Gasteiger partial charge in [0, 0.05) is 34.6 Å². The van der Waals surface area contributed by atoms with Crippen molar-refractivity contribution in [2.45, 2.75) is 71.5 Å². The van der Waals surface area contributed by atoms with Crippen molar-refractivity contribution in [2.75, 3.05) is 6.61 Å². The molecule has 0 heterocycles. The van der Waals surface area contributed by atoms with Gasteiger partial charge in [0.2, 0.25) is 5.91 Å². The molecule has 0 saturated heterocycles. The SMILES string of the molecule is Cc1cc(C)c(C)c(OCC(=O)N(Cc2c(Cl)cccc2Cl)[C@@H](Cc2ccccc2)C(=O)NC2CCCC2)c1. The number of carbonyl (C=O) groups is 2. The highest BCUT2D eigenvalue weighted by molar-refractivity contribution is 6.36. The summed E-state index contributed by atoms with van der Waals surface area (Å²) >= 11 is 13.1. The smallest absolute Gasteiger partial charge is 0.261 e. The highest BCUT2D eigenvalue weighted by Gasteiger charge is 2.33. The lowest BCUT2D eigenvalue weighted by molar-refractivity contribution is -0.143. The minimum atomic E-state index is -0.767. The maximum Gasteiger partial charge on any atom is 0.261 e. The average molecular weight is 568 g/mol. The molecule has 1 saturated carbocycles. The fraction of sp³-hybridized carbons (Fsp3) is 0.375. The zero-order valence-corrected chi connectivity index (χ0v) is 24.3. The maximum absolute atomic E-state index is 13.9. The maximum atomic E-state index is 13.9. The van der Waals surface area contributed by atoms with Gasteiger partial charge in [-0.3, -0.25) is 9.59 Å². The van der Waals surface area contributed by atoms with Gasteiger partial charge in [0.25, 0.3) is 5.91 Å². The molecule has 1 aliphatic carbocycles. The summed E-state index contributed by atoms with van der Waals surface area (Å²) in [5.74, 6) is 0.170. The molecule has 0 aliphatic heterocycles. The summed E-state index contributed by atoms with van der Waals surface area (Å²) in [5.41, 5.74) is 4.68. The van der Waals surface area contributed by atoms with Crippen molar-refractivity contribution in [1.82, 2.24) is 10.2 Å². The van der Waals surface area contributed by atoms with E-state index < -0.39 is 6.04 Å². The summed E-state index contributed by atoms with van der Waals surface area (Å²) in [7, 11) is 0. The fourth-order valence-corrected chi connectivity index (χ4v) is 5.67. The van der Waals surface area contributed by atoms with Gasteiger partial charge in [-0.2, -0.15) is 0 Å². The topological polar surface area (TPSA) is 58.6 Å². The Morgan fingerprint density at radius 3 is 2.31 bits per heavy atom. The predicted octanol–water partition coefficient (Wildman–Crippen LogP) is 7.00. The third-order valence-corrected chi connectivity index (χ3v) is 8.19. The number of hydrogen-bond acceptors (Lipinski definition) is 3. The third kappa shape index (κ3) is 7.55. The molecular formula is C32H36Cl2N2O3. The van der Waals surface area contributed by atoms with Crippen molar-refractivity contribution in [1.29, 1.82) is 0 Å². The van der Waals surface area contributed by atoms with E-state index in [9.17, 15) is 9.59 Å². The first-order chi connectivity index (χ1) is 18.7. The van der Waals surface area contributed by atoms with E-state index in [1.165, 1.54) is 0 Å². The van der Waals surface area contributed by atoms with Crippen LogP contribution in [0.2, 0.25) is 10.0 Å². The van der Waals surface area contributed by atoms with Gasteiger partial charge in [0.05, 0.1) is 0 Å². The molecule has 206 valence electrons. The van der Waals surface area contributed by atoms with Gasteiger partial charge in [-0.1, -0.05) is 78.5 Å². The standard InChI is InChI=1S/C32H36Cl2N2O3/c1-21-16-22(2)23(3)30(17-21)39-20-31(37)36(19-26-27(33)14-9-15-28(26)34)29(18-24-10-5-4-6-11-24)32(38)35-25-12-7-8-13-25/h4-6,9-11,14-17,25,29H,7-8,12-13,18-20H2,1-3H3,(H,35,38)/t29-/m0/s1. The van der Waals surface area contributed by atoms with E-state index in [4.69, 9.17) is 27.9 Å². The first-order valence-corrected chi connectivity index (χ1v) is 14.3. The minimum absolute atomic E-state index is 0.0854. The molecule has 7 heteroatoms. The molecule has 0 bridgehead atoms. The summed E-state index contributed by atoms with van der Waals surface area (Å²) in [6, 6.07) is 18.4. The highest BCUT2D eigenvalue weighted by atomic mass is 35.5. The first-order valence-electron chi connectivity index (χ1n) is 13.5. The molecule has 39 heavy (non-hydrogen) atoms. The Morgan fingerprint density at radius 2 is 1.64 bits per heavy atom. The molecule has 1 aliphatic rings. The Hall–Kier alpha value is -3.02. The molecule has 1 N–H and O–H groups in total. The fourth-order valence-electron chi connectivity index (χ4n) is 5.15. The van der Waals surface area contributed by atoms with Crippen LogP contribution in [-0.4, -0.2) is 35.4 Å². The van der Waals surface area contributed by atoms with Gasteiger partial charge >= 0.3 is 0 Å². The quantitative estimate of drug-likeness (QED) is 0.287. The van der Waals surface area contributed by atoms with Crippen LogP contribution in [0.15, 0.2) is 60.7 Å². The van der Waals surface area contributed by atoms with Gasteiger partial charge in [-0.25, -0.2) is 0 Å². The van der Waals surface area contributed by atoms with Crippen molar-refractivity contribution >= 4 is 35.0 Å².